The molecule has 132 valence electrons. The molecule has 0 radical (unpaired) electrons. The highest BCUT2D eigenvalue weighted by Crippen LogP contribution is 2.11. The highest BCUT2D eigenvalue weighted by molar-refractivity contribution is 6.39. The van der Waals surface area contributed by atoms with Gasteiger partial charge < -0.3 is 9.80 Å². The van der Waals surface area contributed by atoms with E-state index in [1.807, 2.05) is 31.2 Å². The third-order valence-corrected chi connectivity index (χ3v) is 4.51. The summed E-state index contributed by atoms with van der Waals surface area (Å²) in [5.41, 5.74) is 4.89. The average Bonchev–Trinajstić information content (AvgIpc) is 2.62. The van der Waals surface area contributed by atoms with Gasteiger partial charge in [-0.1, -0.05) is 29.8 Å². The summed E-state index contributed by atoms with van der Waals surface area (Å²) in [6.07, 6.45) is 1.05. The van der Waals surface area contributed by atoms with Crippen LogP contribution in [0.1, 0.15) is 24.0 Å². The lowest BCUT2D eigenvalue weighted by Gasteiger charge is -2.35. The van der Waals surface area contributed by atoms with Crippen molar-refractivity contribution in [2.24, 2.45) is 5.10 Å². The summed E-state index contributed by atoms with van der Waals surface area (Å²) in [5.74, 6) is -0.228. The number of piperazine rings is 1. The quantitative estimate of drug-likeness (QED) is 0.867. The lowest BCUT2D eigenvalue weighted by Crippen LogP contribution is -2.53. The van der Waals surface area contributed by atoms with Crippen molar-refractivity contribution in [3.63, 3.8) is 0 Å². The van der Waals surface area contributed by atoms with E-state index in [1.165, 1.54) is 0 Å². The summed E-state index contributed by atoms with van der Waals surface area (Å²) < 4.78 is 0. The SMILES string of the molecule is Cc1cccc(CC(=O)N2CCN(C(=O)C3=NNC(=O)CC3)CC2)c1. The molecular weight excluding hydrogens is 320 g/mol. The van der Waals surface area contributed by atoms with Gasteiger partial charge in [-0.25, -0.2) is 5.43 Å². The van der Waals surface area contributed by atoms with Crippen LogP contribution in [-0.2, 0) is 20.8 Å². The number of carbonyl (C=O) groups is 3. The number of amides is 3. The van der Waals surface area contributed by atoms with Crippen molar-refractivity contribution in [2.75, 3.05) is 26.2 Å². The lowest BCUT2D eigenvalue weighted by atomic mass is 10.1. The molecule has 0 unspecified atom stereocenters. The molecule has 0 saturated carbocycles. The van der Waals surface area contributed by atoms with Crippen LogP contribution >= 0.6 is 0 Å². The fourth-order valence-electron chi connectivity index (χ4n) is 3.08. The van der Waals surface area contributed by atoms with Crippen molar-refractivity contribution in [2.45, 2.75) is 26.2 Å². The number of carbonyl (C=O) groups excluding carboxylic acids is 3. The summed E-state index contributed by atoms with van der Waals surface area (Å²) >= 11 is 0. The number of hydrogen-bond donors (Lipinski definition) is 1. The van der Waals surface area contributed by atoms with Gasteiger partial charge in [0.25, 0.3) is 5.91 Å². The Morgan fingerprint density at radius 2 is 1.84 bits per heavy atom. The molecule has 1 aromatic carbocycles. The minimum atomic E-state index is -0.164. The summed E-state index contributed by atoms with van der Waals surface area (Å²) in [7, 11) is 0. The molecule has 2 heterocycles. The molecule has 0 bridgehead atoms. The normalized spacial score (nSPS) is 17.8. The van der Waals surface area contributed by atoms with Crippen molar-refractivity contribution in [1.29, 1.82) is 0 Å². The first kappa shape index (κ1) is 17.1. The van der Waals surface area contributed by atoms with E-state index in [0.29, 0.717) is 51.2 Å². The predicted octanol–water partition coefficient (Wildman–Crippen LogP) is 0.474. The van der Waals surface area contributed by atoms with Gasteiger partial charge in [0.2, 0.25) is 11.8 Å². The summed E-state index contributed by atoms with van der Waals surface area (Å²) in [6, 6.07) is 7.94. The standard InChI is InChI=1S/C18H22N4O3/c1-13-3-2-4-14(11-13)12-17(24)21-7-9-22(10-8-21)18(25)15-5-6-16(23)20-19-15/h2-4,11H,5-10,12H2,1H3,(H,20,23). The number of nitrogens with zero attached hydrogens (tertiary/aromatic N) is 3. The topological polar surface area (TPSA) is 82.1 Å². The number of hydrogen-bond acceptors (Lipinski definition) is 4. The summed E-state index contributed by atoms with van der Waals surface area (Å²) in [6.45, 7) is 4.04. The van der Waals surface area contributed by atoms with Gasteiger partial charge in [0.05, 0.1) is 6.42 Å². The third-order valence-electron chi connectivity index (χ3n) is 4.51. The van der Waals surface area contributed by atoms with E-state index < -0.39 is 0 Å². The molecule has 1 N–H and O–H groups in total. The second-order valence-electron chi connectivity index (χ2n) is 6.43. The minimum Gasteiger partial charge on any atom is -0.339 e. The van der Waals surface area contributed by atoms with Crippen LogP contribution in [0.15, 0.2) is 29.4 Å². The van der Waals surface area contributed by atoms with Crippen LogP contribution in [-0.4, -0.2) is 59.4 Å². The maximum absolute atomic E-state index is 12.4. The first-order valence-electron chi connectivity index (χ1n) is 8.51. The van der Waals surface area contributed by atoms with Crippen molar-refractivity contribution < 1.29 is 14.4 Å². The van der Waals surface area contributed by atoms with Crippen molar-refractivity contribution in [3.8, 4) is 0 Å². The van der Waals surface area contributed by atoms with Crippen molar-refractivity contribution in [3.05, 3.63) is 35.4 Å². The van der Waals surface area contributed by atoms with Gasteiger partial charge in [0.1, 0.15) is 5.71 Å². The van der Waals surface area contributed by atoms with Crippen LogP contribution in [0.25, 0.3) is 0 Å². The second kappa shape index (κ2) is 7.46. The van der Waals surface area contributed by atoms with E-state index in [0.717, 1.165) is 11.1 Å². The molecule has 1 aromatic rings. The number of nitrogens with one attached hydrogen (secondary N) is 1. The number of rotatable bonds is 3. The zero-order valence-corrected chi connectivity index (χ0v) is 14.3. The maximum atomic E-state index is 12.4. The zero-order chi connectivity index (χ0) is 17.8. The smallest absolute Gasteiger partial charge is 0.270 e. The van der Waals surface area contributed by atoms with Gasteiger partial charge >= 0.3 is 0 Å². The number of aryl methyl sites for hydroxylation is 1. The first-order valence-corrected chi connectivity index (χ1v) is 8.51. The molecule has 0 atom stereocenters. The van der Waals surface area contributed by atoms with Crippen LogP contribution in [0.2, 0.25) is 0 Å². The van der Waals surface area contributed by atoms with Crippen LogP contribution < -0.4 is 5.43 Å². The molecule has 1 fully saturated rings. The van der Waals surface area contributed by atoms with Gasteiger partial charge in [0, 0.05) is 39.0 Å². The van der Waals surface area contributed by atoms with Crippen LogP contribution in [0.5, 0.6) is 0 Å². The Kier molecular flexibility index (Phi) is 5.11. The van der Waals surface area contributed by atoms with Gasteiger partial charge in [-0.2, -0.15) is 5.10 Å². The van der Waals surface area contributed by atoms with Gasteiger partial charge in [-0.05, 0) is 12.5 Å². The molecule has 2 aliphatic heterocycles. The van der Waals surface area contributed by atoms with Crippen LogP contribution in [0, 0.1) is 6.92 Å². The molecule has 1 saturated heterocycles. The molecule has 7 nitrogen and oxygen atoms in total. The number of benzene rings is 1. The van der Waals surface area contributed by atoms with Gasteiger partial charge in [0.15, 0.2) is 0 Å². The molecule has 2 aliphatic rings. The largest absolute Gasteiger partial charge is 0.339 e. The van der Waals surface area contributed by atoms with E-state index in [2.05, 4.69) is 10.5 Å². The Morgan fingerprint density at radius 1 is 1.12 bits per heavy atom. The molecular formula is C18H22N4O3. The molecule has 7 heteroatoms. The fraction of sp³-hybridized carbons (Fsp3) is 0.444. The molecule has 0 aliphatic carbocycles. The van der Waals surface area contributed by atoms with Gasteiger partial charge in [-0.3, -0.25) is 14.4 Å². The number of hydrazone groups is 1. The fourth-order valence-corrected chi connectivity index (χ4v) is 3.08. The highest BCUT2D eigenvalue weighted by atomic mass is 16.2. The van der Waals surface area contributed by atoms with E-state index in [9.17, 15) is 14.4 Å². The Balaban J connectivity index is 1.52. The Morgan fingerprint density at radius 3 is 2.48 bits per heavy atom. The molecule has 0 spiro atoms. The first-order chi connectivity index (χ1) is 12.0. The summed E-state index contributed by atoms with van der Waals surface area (Å²) in [5, 5.41) is 3.85. The second-order valence-corrected chi connectivity index (χ2v) is 6.43. The Hall–Kier alpha value is -2.70. The van der Waals surface area contributed by atoms with E-state index in [1.54, 1.807) is 9.80 Å². The molecule has 3 amide bonds. The van der Waals surface area contributed by atoms with Crippen molar-refractivity contribution >= 4 is 23.4 Å². The Bertz CT molecular complexity index is 721. The van der Waals surface area contributed by atoms with Gasteiger partial charge in [-0.15, -0.1) is 0 Å². The van der Waals surface area contributed by atoms with E-state index in [4.69, 9.17) is 0 Å². The minimum absolute atomic E-state index is 0.0833. The predicted molar refractivity (Wildman–Crippen MR) is 92.9 cm³/mol. The third kappa shape index (κ3) is 4.23. The Labute approximate surface area is 146 Å². The summed E-state index contributed by atoms with van der Waals surface area (Å²) in [4.78, 5) is 39.5. The molecule has 3 rings (SSSR count). The van der Waals surface area contributed by atoms with Crippen molar-refractivity contribution in [1.82, 2.24) is 15.2 Å². The maximum Gasteiger partial charge on any atom is 0.270 e. The lowest BCUT2D eigenvalue weighted by molar-refractivity contribution is -0.136. The molecule has 25 heavy (non-hydrogen) atoms. The monoisotopic (exact) mass is 342 g/mol. The van der Waals surface area contributed by atoms with Crippen LogP contribution in [0.3, 0.4) is 0 Å². The van der Waals surface area contributed by atoms with Crippen LogP contribution in [0.4, 0.5) is 0 Å². The highest BCUT2D eigenvalue weighted by Gasteiger charge is 2.28. The van der Waals surface area contributed by atoms with E-state index in [-0.39, 0.29) is 17.7 Å². The molecule has 0 aromatic heterocycles. The zero-order valence-electron chi connectivity index (χ0n) is 14.3. The van der Waals surface area contributed by atoms with E-state index >= 15 is 0 Å². The average molecular weight is 342 g/mol.